The van der Waals surface area contributed by atoms with Crippen LogP contribution in [0.3, 0.4) is 0 Å². The van der Waals surface area contributed by atoms with E-state index in [1.54, 1.807) is 6.07 Å². The van der Waals surface area contributed by atoms with Crippen LogP contribution in [0.1, 0.15) is 45.6 Å². The molecule has 0 saturated heterocycles. The van der Waals surface area contributed by atoms with Gasteiger partial charge in [-0.15, -0.1) is 0 Å². The minimum atomic E-state index is -0.853. The van der Waals surface area contributed by atoms with Crippen molar-refractivity contribution in [2.45, 2.75) is 45.6 Å². The van der Waals surface area contributed by atoms with Gasteiger partial charge in [-0.2, -0.15) is 0 Å². The zero-order valence-corrected chi connectivity index (χ0v) is 13.3. The van der Waals surface area contributed by atoms with E-state index in [1.165, 1.54) is 6.42 Å². The van der Waals surface area contributed by atoms with Crippen molar-refractivity contribution in [3.05, 3.63) is 33.8 Å². The summed E-state index contributed by atoms with van der Waals surface area (Å²) < 4.78 is 0. The van der Waals surface area contributed by atoms with Gasteiger partial charge < -0.3 is 5.11 Å². The molecule has 2 rings (SSSR count). The summed E-state index contributed by atoms with van der Waals surface area (Å²) in [5, 5.41) is 12.3. The lowest BCUT2D eigenvalue weighted by atomic mass is 9.64. The second-order valence-electron chi connectivity index (χ2n) is 6.26. The number of halogens is 2. The molecule has 0 bridgehead atoms. The Kier molecular flexibility index (Phi) is 4.49. The Morgan fingerprint density at radius 2 is 1.95 bits per heavy atom. The molecule has 1 aromatic carbocycles. The third kappa shape index (κ3) is 2.79. The van der Waals surface area contributed by atoms with Crippen LogP contribution in [0.5, 0.6) is 0 Å². The number of hydrogen-bond donors (Lipinski definition) is 1. The average molecular weight is 301 g/mol. The van der Waals surface area contributed by atoms with Crippen LogP contribution in [0.4, 0.5) is 0 Å². The standard InChI is InChI=1S/C16H22Cl2O/c1-10(2)12-8-7-11(3)9-16(12,19)13-5-4-6-14(17)15(13)18/h4-6,10-12,19H,7-9H2,1-3H3. The van der Waals surface area contributed by atoms with E-state index in [0.29, 0.717) is 21.9 Å². The number of aliphatic hydroxyl groups is 1. The lowest BCUT2D eigenvalue weighted by molar-refractivity contribution is -0.0864. The van der Waals surface area contributed by atoms with Crippen LogP contribution in [-0.4, -0.2) is 5.11 Å². The highest BCUT2D eigenvalue weighted by atomic mass is 35.5. The van der Waals surface area contributed by atoms with E-state index in [1.807, 2.05) is 12.1 Å². The third-order valence-corrected chi connectivity index (χ3v) is 5.29. The molecule has 1 saturated carbocycles. The van der Waals surface area contributed by atoms with Crippen LogP contribution < -0.4 is 0 Å². The smallest absolute Gasteiger partial charge is 0.0944 e. The molecular weight excluding hydrogens is 279 g/mol. The van der Waals surface area contributed by atoms with Gasteiger partial charge in [0.25, 0.3) is 0 Å². The van der Waals surface area contributed by atoms with Crippen molar-refractivity contribution in [3.63, 3.8) is 0 Å². The van der Waals surface area contributed by atoms with Gasteiger partial charge in [0.05, 0.1) is 15.6 Å². The predicted octanol–water partition coefficient (Wildman–Crippen LogP) is 5.27. The highest BCUT2D eigenvalue weighted by molar-refractivity contribution is 6.42. The van der Waals surface area contributed by atoms with Gasteiger partial charge in [0.15, 0.2) is 0 Å². The second kappa shape index (κ2) is 5.63. The van der Waals surface area contributed by atoms with E-state index in [0.717, 1.165) is 18.4 Å². The van der Waals surface area contributed by atoms with Gasteiger partial charge in [0.1, 0.15) is 0 Å². The first kappa shape index (κ1) is 15.2. The second-order valence-corrected chi connectivity index (χ2v) is 7.05. The maximum Gasteiger partial charge on any atom is 0.0944 e. The summed E-state index contributed by atoms with van der Waals surface area (Å²) in [7, 11) is 0. The summed E-state index contributed by atoms with van der Waals surface area (Å²) in [6.45, 7) is 6.54. The monoisotopic (exact) mass is 300 g/mol. The zero-order valence-electron chi connectivity index (χ0n) is 11.8. The van der Waals surface area contributed by atoms with Crippen molar-refractivity contribution in [1.82, 2.24) is 0 Å². The summed E-state index contributed by atoms with van der Waals surface area (Å²) in [5.41, 5.74) is -0.0553. The zero-order chi connectivity index (χ0) is 14.2. The fourth-order valence-electron chi connectivity index (χ4n) is 3.52. The first-order valence-electron chi connectivity index (χ1n) is 7.03. The average Bonchev–Trinajstić information content (AvgIpc) is 2.31. The van der Waals surface area contributed by atoms with Crippen LogP contribution in [0.15, 0.2) is 18.2 Å². The van der Waals surface area contributed by atoms with Gasteiger partial charge in [0.2, 0.25) is 0 Å². The quantitative estimate of drug-likeness (QED) is 0.788. The lowest BCUT2D eigenvalue weighted by Crippen LogP contribution is -2.43. The molecule has 1 N–H and O–H groups in total. The molecule has 3 heteroatoms. The van der Waals surface area contributed by atoms with Crippen LogP contribution in [0.25, 0.3) is 0 Å². The number of benzene rings is 1. The molecule has 0 amide bonds. The molecule has 1 fully saturated rings. The first-order valence-corrected chi connectivity index (χ1v) is 7.78. The molecule has 1 aromatic rings. The van der Waals surface area contributed by atoms with Gasteiger partial charge in [-0.25, -0.2) is 0 Å². The van der Waals surface area contributed by atoms with Crippen molar-refractivity contribution < 1.29 is 5.11 Å². The Morgan fingerprint density at radius 3 is 2.58 bits per heavy atom. The summed E-state index contributed by atoms with van der Waals surface area (Å²) in [6.07, 6.45) is 2.97. The molecule has 106 valence electrons. The van der Waals surface area contributed by atoms with E-state index >= 15 is 0 Å². The Labute approximate surface area is 125 Å². The molecule has 19 heavy (non-hydrogen) atoms. The Balaban J connectivity index is 2.49. The molecule has 0 spiro atoms. The fraction of sp³-hybridized carbons (Fsp3) is 0.625. The maximum atomic E-state index is 11.3. The molecule has 0 aromatic heterocycles. The molecule has 3 unspecified atom stereocenters. The molecule has 0 radical (unpaired) electrons. The summed E-state index contributed by atoms with van der Waals surface area (Å²) in [5.74, 6) is 1.17. The number of hydrogen-bond acceptors (Lipinski definition) is 1. The van der Waals surface area contributed by atoms with E-state index in [9.17, 15) is 5.11 Å². The Bertz CT molecular complexity index is 458. The number of rotatable bonds is 2. The molecule has 0 aliphatic heterocycles. The highest BCUT2D eigenvalue weighted by Crippen LogP contribution is 2.49. The van der Waals surface area contributed by atoms with Gasteiger partial charge in [-0.3, -0.25) is 0 Å². The van der Waals surface area contributed by atoms with E-state index in [4.69, 9.17) is 23.2 Å². The summed E-state index contributed by atoms with van der Waals surface area (Å²) in [6, 6.07) is 5.56. The van der Waals surface area contributed by atoms with Crippen LogP contribution in [0.2, 0.25) is 10.0 Å². The molecule has 1 nitrogen and oxygen atoms in total. The Hall–Kier alpha value is -0.240. The van der Waals surface area contributed by atoms with Gasteiger partial charge in [-0.05, 0) is 36.7 Å². The summed E-state index contributed by atoms with van der Waals surface area (Å²) in [4.78, 5) is 0. The molecular formula is C16H22Cl2O. The van der Waals surface area contributed by atoms with Gasteiger partial charge in [0, 0.05) is 5.56 Å². The van der Waals surface area contributed by atoms with Crippen LogP contribution in [-0.2, 0) is 5.60 Å². The van der Waals surface area contributed by atoms with Crippen molar-refractivity contribution in [1.29, 1.82) is 0 Å². The van der Waals surface area contributed by atoms with Crippen LogP contribution in [0, 0.1) is 17.8 Å². The van der Waals surface area contributed by atoms with E-state index in [-0.39, 0.29) is 5.92 Å². The van der Waals surface area contributed by atoms with Gasteiger partial charge >= 0.3 is 0 Å². The highest BCUT2D eigenvalue weighted by Gasteiger charge is 2.45. The maximum absolute atomic E-state index is 11.3. The van der Waals surface area contributed by atoms with Crippen molar-refractivity contribution in [3.8, 4) is 0 Å². The van der Waals surface area contributed by atoms with Gasteiger partial charge in [-0.1, -0.05) is 62.5 Å². The SMILES string of the molecule is CC1CCC(C(C)C)C(O)(c2cccc(Cl)c2Cl)C1. The fourth-order valence-corrected chi connectivity index (χ4v) is 3.98. The predicted molar refractivity (Wildman–Crippen MR) is 81.7 cm³/mol. The molecule has 0 heterocycles. The lowest BCUT2D eigenvalue weighted by Gasteiger charge is -2.45. The molecule has 3 atom stereocenters. The first-order chi connectivity index (χ1) is 8.86. The summed E-state index contributed by atoms with van der Waals surface area (Å²) >= 11 is 12.5. The third-order valence-electron chi connectivity index (χ3n) is 4.47. The van der Waals surface area contributed by atoms with E-state index in [2.05, 4.69) is 20.8 Å². The minimum Gasteiger partial charge on any atom is -0.385 e. The largest absolute Gasteiger partial charge is 0.385 e. The van der Waals surface area contributed by atoms with E-state index < -0.39 is 5.60 Å². The molecule has 1 aliphatic carbocycles. The minimum absolute atomic E-state index is 0.236. The van der Waals surface area contributed by atoms with Crippen molar-refractivity contribution in [2.24, 2.45) is 17.8 Å². The topological polar surface area (TPSA) is 20.2 Å². The Morgan fingerprint density at radius 1 is 1.26 bits per heavy atom. The van der Waals surface area contributed by atoms with Crippen molar-refractivity contribution >= 4 is 23.2 Å². The van der Waals surface area contributed by atoms with Crippen LogP contribution >= 0.6 is 23.2 Å². The molecule has 1 aliphatic rings. The van der Waals surface area contributed by atoms with Crippen molar-refractivity contribution in [2.75, 3.05) is 0 Å². The normalized spacial score (nSPS) is 31.7.